The molecule has 1 unspecified atom stereocenters. The van der Waals surface area contributed by atoms with E-state index in [9.17, 15) is 14.7 Å². The SMILES string of the molecule is CC(C)c1ccc2c(c1)[C@@H](NC(=O)C(CO)CC(=O)O)CCC2. The number of hydrogen-bond donors (Lipinski definition) is 3. The Kier molecular flexibility index (Phi) is 5.77. The Morgan fingerprint density at radius 3 is 2.70 bits per heavy atom. The van der Waals surface area contributed by atoms with Crippen LogP contribution in [-0.4, -0.2) is 28.7 Å². The van der Waals surface area contributed by atoms with Gasteiger partial charge in [0.15, 0.2) is 0 Å². The number of fused-ring (bicyclic) bond motifs is 1. The van der Waals surface area contributed by atoms with E-state index in [-0.39, 0.29) is 18.4 Å². The number of aryl methyl sites for hydroxylation is 1. The van der Waals surface area contributed by atoms with Gasteiger partial charge in [-0.3, -0.25) is 9.59 Å². The molecule has 0 heterocycles. The van der Waals surface area contributed by atoms with Gasteiger partial charge in [-0.05, 0) is 41.9 Å². The molecular formula is C18H25NO4. The number of carboxylic acids is 1. The Labute approximate surface area is 136 Å². The summed E-state index contributed by atoms with van der Waals surface area (Å²) >= 11 is 0. The third kappa shape index (κ3) is 4.32. The van der Waals surface area contributed by atoms with Gasteiger partial charge in [-0.2, -0.15) is 0 Å². The molecule has 1 amide bonds. The number of rotatable bonds is 6. The fourth-order valence-corrected chi connectivity index (χ4v) is 3.07. The predicted molar refractivity (Wildman–Crippen MR) is 87.2 cm³/mol. The van der Waals surface area contributed by atoms with Gasteiger partial charge in [0, 0.05) is 0 Å². The number of amides is 1. The largest absolute Gasteiger partial charge is 0.481 e. The minimum absolute atomic E-state index is 0.104. The highest BCUT2D eigenvalue weighted by atomic mass is 16.4. The third-order valence-electron chi connectivity index (χ3n) is 4.48. The summed E-state index contributed by atoms with van der Waals surface area (Å²) in [5, 5.41) is 21.0. The Bertz CT molecular complexity index is 582. The summed E-state index contributed by atoms with van der Waals surface area (Å²) in [4.78, 5) is 23.1. The normalized spacial score (nSPS) is 18.3. The van der Waals surface area contributed by atoms with Crippen molar-refractivity contribution < 1.29 is 19.8 Å². The Balaban J connectivity index is 2.17. The van der Waals surface area contributed by atoms with Crippen LogP contribution in [0.2, 0.25) is 0 Å². The first kappa shape index (κ1) is 17.5. The van der Waals surface area contributed by atoms with Crippen LogP contribution in [0.25, 0.3) is 0 Å². The summed E-state index contributed by atoms with van der Waals surface area (Å²) in [6, 6.07) is 6.31. The molecule has 3 N–H and O–H groups in total. The summed E-state index contributed by atoms with van der Waals surface area (Å²) in [6.45, 7) is 3.81. The number of carbonyl (C=O) groups excluding carboxylic acids is 1. The van der Waals surface area contributed by atoms with Crippen molar-refractivity contribution in [2.24, 2.45) is 5.92 Å². The van der Waals surface area contributed by atoms with Gasteiger partial charge in [-0.25, -0.2) is 0 Å². The van der Waals surface area contributed by atoms with Crippen molar-refractivity contribution in [2.45, 2.75) is 51.5 Å². The minimum Gasteiger partial charge on any atom is -0.481 e. The molecule has 1 aromatic rings. The molecule has 1 aliphatic carbocycles. The van der Waals surface area contributed by atoms with E-state index in [1.807, 2.05) is 0 Å². The minimum atomic E-state index is -1.08. The molecule has 5 nitrogen and oxygen atoms in total. The molecule has 0 saturated carbocycles. The van der Waals surface area contributed by atoms with Crippen LogP contribution in [0.1, 0.15) is 61.8 Å². The van der Waals surface area contributed by atoms with Crippen LogP contribution in [0.3, 0.4) is 0 Å². The molecule has 2 atom stereocenters. The average Bonchev–Trinajstić information content (AvgIpc) is 2.52. The first-order chi connectivity index (χ1) is 10.9. The van der Waals surface area contributed by atoms with Crippen molar-refractivity contribution in [3.05, 3.63) is 34.9 Å². The molecule has 0 aliphatic heterocycles. The van der Waals surface area contributed by atoms with E-state index >= 15 is 0 Å². The van der Waals surface area contributed by atoms with E-state index in [0.717, 1.165) is 24.8 Å². The van der Waals surface area contributed by atoms with Gasteiger partial charge in [0.1, 0.15) is 0 Å². The lowest BCUT2D eigenvalue weighted by Gasteiger charge is -2.28. The fourth-order valence-electron chi connectivity index (χ4n) is 3.07. The van der Waals surface area contributed by atoms with Gasteiger partial charge in [-0.1, -0.05) is 32.0 Å². The highest BCUT2D eigenvalue weighted by Gasteiger charge is 2.27. The number of carboxylic acid groups (broad SMARTS) is 1. The second-order valence-electron chi connectivity index (χ2n) is 6.54. The maximum atomic E-state index is 12.3. The van der Waals surface area contributed by atoms with Crippen LogP contribution in [0.4, 0.5) is 0 Å². The van der Waals surface area contributed by atoms with Crippen LogP contribution < -0.4 is 5.32 Å². The molecular weight excluding hydrogens is 294 g/mol. The molecule has 2 rings (SSSR count). The van der Waals surface area contributed by atoms with Crippen LogP contribution in [0.15, 0.2) is 18.2 Å². The first-order valence-corrected chi connectivity index (χ1v) is 8.18. The zero-order valence-corrected chi connectivity index (χ0v) is 13.7. The fraction of sp³-hybridized carbons (Fsp3) is 0.556. The van der Waals surface area contributed by atoms with E-state index in [1.165, 1.54) is 11.1 Å². The number of aliphatic hydroxyl groups is 1. The number of aliphatic hydroxyl groups excluding tert-OH is 1. The third-order valence-corrected chi connectivity index (χ3v) is 4.48. The van der Waals surface area contributed by atoms with Crippen LogP contribution >= 0.6 is 0 Å². The van der Waals surface area contributed by atoms with Crippen molar-refractivity contribution in [3.63, 3.8) is 0 Å². The molecule has 0 spiro atoms. The van der Waals surface area contributed by atoms with Gasteiger partial charge in [0.05, 0.1) is 25.0 Å². The topological polar surface area (TPSA) is 86.6 Å². The van der Waals surface area contributed by atoms with Crippen molar-refractivity contribution in [1.82, 2.24) is 5.32 Å². The molecule has 0 bridgehead atoms. The lowest BCUT2D eigenvalue weighted by atomic mass is 9.84. The van der Waals surface area contributed by atoms with E-state index in [4.69, 9.17) is 5.11 Å². The average molecular weight is 319 g/mol. The van der Waals surface area contributed by atoms with Crippen LogP contribution in [-0.2, 0) is 16.0 Å². The second kappa shape index (κ2) is 7.59. The summed E-state index contributed by atoms with van der Waals surface area (Å²) < 4.78 is 0. The monoisotopic (exact) mass is 319 g/mol. The number of aliphatic carboxylic acids is 1. The summed E-state index contributed by atoms with van der Waals surface area (Å²) in [5.74, 6) is -1.95. The van der Waals surface area contributed by atoms with Gasteiger partial charge in [-0.15, -0.1) is 0 Å². The smallest absolute Gasteiger partial charge is 0.304 e. The molecule has 23 heavy (non-hydrogen) atoms. The van der Waals surface area contributed by atoms with Crippen molar-refractivity contribution in [3.8, 4) is 0 Å². The Hall–Kier alpha value is -1.88. The van der Waals surface area contributed by atoms with Crippen molar-refractivity contribution in [1.29, 1.82) is 0 Å². The Morgan fingerprint density at radius 1 is 1.35 bits per heavy atom. The zero-order valence-electron chi connectivity index (χ0n) is 13.7. The molecule has 0 aromatic heterocycles. The lowest BCUT2D eigenvalue weighted by molar-refractivity contribution is -0.142. The number of benzene rings is 1. The van der Waals surface area contributed by atoms with Crippen molar-refractivity contribution >= 4 is 11.9 Å². The number of nitrogens with one attached hydrogen (secondary N) is 1. The van der Waals surface area contributed by atoms with Gasteiger partial charge < -0.3 is 15.5 Å². The second-order valence-corrected chi connectivity index (χ2v) is 6.54. The van der Waals surface area contributed by atoms with Crippen molar-refractivity contribution in [2.75, 3.05) is 6.61 Å². The van der Waals surface area contributed by atoms with Crippen LogP contribution in [0.5, 0.6) is 0 Å². The maximum absolute atomic E-state index is 12.3. The summed E-state index contributed by atoms with van der Waals surface area (Å²) in [6.07, 6.45) is 2.47. The zero-order chi connectivity index (χ0) is 17.0. The highest BCUT2D eigenvalue weighted by molar-refractivity contribution is 5.83. The van der Waals surface area contributed by atoms with Gasteiger partial charge in [0.2, 0.25) is 5.91 Å². The summed E-state index contributed by atoms with van der Waals surface area (Å²) in [7, 11) is 0. The standard InChI is InChI=1S/C18H25NO4/c1-11(2)13-7-6-12-4-3-5-16(15(12)8-13)19-18(23)14(10-20)9-17(21)22/h6-8,11,14,16,20H,3-5,9-10H2,1-2H3,(H,19,23)(H,21,22)/t14?,16-/m0/s1. The number of hydrogen-bond acceptors (Lipinski definition) is 3. The molecule has 126 valence electrons. The molecule has 1 aliphatic rings. The number of carbonyl (C=O) groups is 2. The summed E-state index contributed by atoms with van der Waals surface area (Å²) in [5.41, 5.74) is 3.60. The Morgan fingerprint density at radius 2 is 2.09 bits per heavy atom. The molecule has 0 saturated heterocycles. The molecule has 1 aromatic carbocycles. The van der Waals surface area contributed by atoms with Gasteiger partial charge >= 0.3 is 5.97 Å². The van der Waals surface area contributed by atoms with Gasteiger partial charge in [0.25, 0.3) is 0 Å². The van der Waals surface area contributed by atoms with E-state index in [1.54, 1.807) is 0 Å². The highest BCUT2D eigenvalue weighted by Crippen LogP contribution is 2.32. The lowest BCUT2D eigenvalue weighted by Crippen LogP contribution is -2.38. The molecule has 0 fully saturated rings. The van der Waals surface area contributed by atoms with E-state index < -0.39 is 18.5 Å². The predicted octanol–water partition coefficient (Wildman–Crippen LogP) is 2.39. The van der Waals surface area contributed by atoms with E-state index in [2.05, 4.69) is 37.4 Å². The first-order valence-electron chi connectivity index (χ1n) is 8.18. The quantitative estimate of drug-likeness (QED) is 0.751. The molecule has 5 heteroatoms. The molecule has 0 radical (unpaired) electrons. The maximum Gasteiger partial charge on any atom is 0.304 e. The van der Waals surface area contributed by atoms with Crippen LogP contribution in [0, 0.1) is 5.92 Å². The van der Waals surface area contributed by atoms with E-state index in [0.29, 0.717) is 5.92 Å².